The van der Waals surface area contributed by atoms with Crippen molar-refractivity contribution in [2.75, 3.05) is 25.4 Å². The summed E-state index contributed by atoms with van der Waals surface area (Å²) in [5.41, 5.74) is 1.32. The summed E-state index contributed by atoms with van der Waals surface area (Å²) in [6.45, 7) is 3.57. The first-order valence-electron chi connectivity index (χ1n) is 11.3. The maximum atomic E-state index is 12.5. The number of aromatic nitrogens is 2. The number of hydrogen-bond donors (Lipinski definition) is 2. The van der Waals surface area contributed by atoms with Gasteiger partial charge in [0.2, 0.25) is 15.8 Å². The van der Waals surface area contributed by atoms with Crippen molar-refractivity contribution in [2.24, 2.45) is 0 Å². The van der Waals surface area contributed by atoms with E-state index in [1.165, 1.54) is 11.3 Å². The minimum Gasteiger partial charge on any atom is -0.494 e. The first-order chi connectivity index (χ1) is 16.3. The molecule has 9 nitrogen and oxygen atoms in total. The second kappa shape index (κ2) is 10.7. The number of nitrogens with one attached hydrogen (secondary N) is 2. The van der Waals surface area contributed by atoms with Gasteiger partial charge in [-0.25, -0.2) is 17.7 Å². The Bertz CT molecular complexity index is 1330. The summed E-state index contributed by atoms with van der Waals surface area (Å²) in [5.74, 6) is 0.173. The SMILES string of the molecule is Cc1csc2nc(C(=O)NCc3cccc(OCCCS(=O)(=O)N4CCCCC4)c3)[nH]c(=O)c12. The number of amides is 1. The zero-order valence-corrected chi connectivity index (χ0v) is 20.6. The highest BCUT2D eigenvalue weighted by Crippen LogP contribution is 2.20. The van der Waals surface area contributed by atoms with E-state index < -0.39 is 15.9 Å². The molecule has 0 atom stereocenters. The predicted octanol–water partition coefficient (Wildman–Crippen LogP) is 2.81. The Kier molecular flexibility index (Phi) is 7.64. The van der Waals surface area contributed by atoms with E-state index in [1.807, 2.05) is 24.4 Å². The monoisotopic (exact) mass is 504 g/mol. The number of nitrogens with zero attached hydrogens (tertiary/aromatic N) is 2. The van der Waals surface area contributed by atoms with E-state index >= 15 is 0 Å². The van der Waals surface area contributed by atoms with Gasteiger partial charge in [0, 0.05) is 19.6 Å². The molecule has 3 aromatic rings. The third-order valence-electron chi connectivity index (χ3n) is 5.72. The number of carbonyl (C=O) groups is 1. The van der Waals surface area contributed by atoms with Gasteiger partial charge in [0.25, 0.3) is 11.5 Å². The Morgan fingerprint density at radius 3 is 2.85 bits per heavy atom. The molecule has 4 rings (SSSR count). The van der Waals surface area contributed by atoms with Gasteiger partial charge >= 0.3 is 0 Å². The molecule has 2 N–H and O–H groups in total. The van der Waals surface area contributed by atoms with Crippen molar-refractivity contribution in [1.82, 2.24) is 19.6 Å². The van der Waals surface area contributed by atoms with Crippen molar-refractivity contribution in [1.29, 1.82) is 0 Å². The number of hydrogen-bond acceptors (Lipinski definition) is 7. The van der Waals surface area contributed by atoms with Crippen LogP contribution in [0.2, 0.25) is 0 Å². The highest BCUT2D eigenvalue weighted by molar-refractivity contribution is 7.89. The van der Waals surface area contributed by atoms with E-state index in [4.69, 9.17) is 4.74 Å². The lowest BCUT2D eigenvalue weighted by Gasteiger charge is -2.25. The number of aromatic amines is 1. The summed E-state index contributed by atoms with van der Waals surface area (Å²) < 4.78 is 32.1. The van der Waals surface area contributed by atoms with Crippen molar-refractivity contribution in [2.45, 2.75) is 39.2 Å². The van der Waals surface area contributed by atoms with Gasteiger partial charge < -0.3 is 15.0 Å². The van der Waals surface area contributed by atoms with E-state index in [-0.39, 0.29) is 30.3 Å². The molecule has 3 heterocycles. The molecule has 0 unspecified atom stereocenters. The number of aryl methyl sites for hydroxylation is 1. The summed E-state index contributed by atoms with van der Waals surface area (Å²) in [5, 5.41) is 5.10. The molecule has 11 heteroatoms. The first-order valence-corrected chi connectivity index (χ1v) is 13.8. The molecule has 0 bridgehead atoms. The molecule has 1 amide bonds. The molecule has 34 heavy (non-hydrogen) atoms. The molecule has 182 valence electrons. The van der Waals surface area contributed by atoms with Gasteiger partial charge in [0.05, 0.1) is 17.7 Å². The molecule has 0 saturated carbocycles. The molecule has 0 aliphatic carbocycles. The van der Waals surface area contributed by atoms with Crippen LogP contribution in [0.3, 0.4) is 0 Å². The Hall–Kier alpha value is -2.76. The fourth-order valence-corrected chi connectivity index (χ4v) is 6.39. The molecule has 1 aliphatic rings. The Morgan fingerprint density at radius 2 is 2.06 bits per heavy atom. The topological polar surface area (TPSA) is 121 Å². The van der Waals surface area contributed by atoms with Crippen LogP contribution in [0.15, 0.2) is 34.4 Å². The molecular weight excluding hydrogens is 476 g/mol. The van der Waals surface area contributed by atoms with Crippen molar-refractivity contribution in [3.63, 3.8) is 0 Å². The zero-order chi connectivity index (χ0) is 24.1. The smallest absolute Gasteiger partial charge is 0.287 e. The third-order valence-corrected chi connectivity index (χ3v) is 8.66. The van der Waals surface area contributed by atoms with Crippen LogP contribution in [0.1, 0.15) is 47.4 Å². The van der Waals surface area contributed by atoms with Crippen molar-refractivity contribution in [3.05, 3.63) is 57.0 Å². The Balaban J connectivity index is 1.28. The number of ether oxygens (including phenoxy) is 1. The minimum absolute atomic E-state index is 0.0262. The van der Waals surface area contributed by atoms with Crippen LogP contribution in [-0.4, -0.2) is 54.0 Å². The summed E-state index contributed by atoms with van der Waals surface area (Å²) in [4.78, 5) is 32.1. The number of thiophene rings is 1. The average molecular weight is 505 g/mol. The fraction of sp³-hybridized carbons (Fsp3) is 0.435. The highest BCUT2D eigenvalue weighted by Gasteiger charge is 2.23. The molecule has 0 spiro atoms. The van der Waals surface area contributed by atoms with Gasteiger partial charge in [-0.3, -0.25) is 9.59 Å². The summed E-state index contributed by atoms with van der Waals surface area (Å²) >= 11 is 1.33. The third kappa shape index (κ3) is 5.83. The number of benzene rings is 1. The van der Waals surface area contributed by atoms with Gasteiger partial charge in [-0.1, -0.05) is 18.6 Å². The number of piperidine rings is 1. The van der Waals surface area contributed by atoms with Crippen LogP contribution in [0.5, 0.6) is 5.75 Å². The van der Waals surface area contributed by atoms with Crippen molar-refractivity contribution in [3.8, 4) is 5.75 Å². The van der Waals surface area contributed by atoms with Gasteiger partial charge in [0.1, 0.15) is 10.6 Å². The van der Waals surface area contributed by atoms with Gasteiger partial charge in [-0.2, -0.15) is 0 Å². The van der Waals surface area contributed by atoms with Gasteiger partial charge in [-0.15, -0.1) is 11.3 Å². The van der Waals surface area contributed by atoms with E-state index in [0.29, 0.717) is 35.5 Å². The minimum atomic E-state index is -3.23. The van der Waals surface area contributed by atoms with E-state index in [0.717, 1.165) is 30.4 Å². The predicted molar refractivity (Wildman–Crippen MR) is 132 cm³/mol. The second-order valence-corrected chi connectivity index (χ2v) is 11.3. The van der Waals surface area contributed by atoms with Gasteiger partial charge in [0.15, 0.2) is 0 Å². The summed E-state index contributed by atoms with van der Waals surface area (Å²) in [7, 11) is -3.23. The lowest BCUT2D eigenvalue weighted by Crippen LogP contribution is -2.37. The number of fused-ring (bicyclic) bond motifs is 1. The molecule has 0 radical (unpaired) electrons. The Labute approximate surface area is 202 Å². The van der Waals surface area contributed by atoms with Crippen LogP contribution < -0.4 is 15.6 Å². The number of rotatable bonds is 9. The van der Waals surface area contributed by atoms with E-state index in [1.54, 1.807) is 16.4 Å². The summed E-state index contributed by atoms with van der Waals surface area (Å²) in [6, 6.07) is 7.23. The maximum Gasteiger partial charge on any atom is 0.287 e. The lowest BCUT2D eigenvalue weighted by atomic mass is 10.2. The summed E-state index contributed by atoms with van der Waals surface area (Å²) in [6.07, 6.45) is 3.34. The van der Waals surface area contributed by atoms with E-state index in [9.17, 15) is 18.0 Å². The average Bonchev–Trinajstić information content (AvgIpc) is 3.22. The number of H-pyrrole nitrogens is 1. The lowest BCUT2D eigenvalue weighted by molar-refractivity contribution is 0.0940. The standard InChI is InChI=1S/C23H28N4O5S2/c1-16-15-33-23-19(16)21(28)25-20(26-23)22(29)24-14-17-7-5-8-18(13-17)32-11-6-12-34(30,31)27-9-3-2-4-10-27/h5,7-8,13,15H,2-4,6,9-12,14H2,1H3,(H,24,29)(H,25,26,28). The number of carbonyl (C=O) groups excluding carboxylic acids is 1. The van der Waals surface area contributed by atoms with Crippen molar-refractivity contribution < 1.29 is 17.9 Å². The normalized spacial score (nSPS) is 14.9. The largest absolute Gasteiger partial charge is 0.494 e. The molecule has 1 aliphatic heterocycles. The first kappa shape index (κ1) is 24.4. The van der Waals surface area contributed by atoms with Gasteiger partial charge in [-0.05, 0) is 54.8 Å². The zero-order valence-electron chi connectivity index (χ0n) is 19.0. The van der Waals surface area contributed by atoms with Crippen LogP contribution >= 0.6 is 11.3 Å². The Morgan fingerprint density at radius 1 is 1.26 bits per heavy atom. The second-order valence-electron chi connectivity index (χ2n) is 8.32. The fourth-order valence-electron chi connectivity index (χ4n) is 3.91. The maximum absolute atomic E-state index is 12.5. The van der Waals surface area contributed by atoms with Crippen LogP contribution in [-0.2, 0) is 16.6 Å². The van der Waals surface area contributed by atoms with Crippen LogP contribution in [0, 0.1) is 6.92 Å². The molecule has 1 aromatic carbocycles. The van der Waals surface area contributed by atoms with Crippen LogP contribution in [0.4, 0.5) is 0 Å². The quantitative estimate of drug-likeness (QED) is 0.432. The molecular formula is C23H28N4O5S2. The highest BCUT2D eigenvalue weighted by atomic mass is 32.2. The molecule has 2 aromatic heterocycles. The number of sulfonamides is 1. The van der Waals surface area contributed by atoms with Crippen molar-refractivity contribution >= 4 is 37.5 Å². The van der Waals surface area contributed by atoms with Crippen LogP contribution in [0.25, 0.3) is 10.2 Å². The molecule has 1 saturated heterocycles. The molecule has 1 fully saturated rings. The van der Waals surface area contributed by atoms with E-state index in [2.05, 4.69) is 15.3 Å².